The second-order valence-corrected chi connectivity index (χ2v) is 7.93. The molecule has 0 fully saturated rings. The molecule has 1 aromatic rings. The molecule has 2 N–H and O–H groups in total. The van der Waals surface area contributed by atoms with Gasteiger partial charge in [-0.15, -0.1) is 11.8 Å². The maximum Gasteiger partial charge on any atom is 0.241 e. The van der Waals surface area contributed by atoms with Gasteiger partial charge in [0.05, 0.1) is 10.6 Å². The van der Waals surface area contributed by atoms with Crippen LogP contribution in [0.2, 0.25) is 0 Å². The van der Waals surface area contributed by atoms with Gasteiger partial charge in [0.15, 0.2) is 0 Å². The summed E-state index contributed by atoms with van der Waals surface area (Å²) in [4.78, 5) is 12.1. The molecule has 112 valence electrons. The third kappa shape index (κ3) is 4.81. The van der Waals surface area contributed by atoms with E-state index in [0.717, 1.165) is 4.90 Å². The van der Waals surface area contributed by atoms with Crippen molar-refractivity contribution in [3.05, 3.63) is 18.2 Å². The Morgan fingerprint density at radius 1 is 1.25 bits per heavy atom. The zero-order chi connectivity index (χ0) is 15.6. The van der Waals surface area contributed by atoms with E-state index in [9.17, 15) is 13.2 Å². The van der Waals surface area contributed by atoms with E-state index in [-0.39, 0.29) is 10.8 Å². The van der Waals surface area contributed by atoms with Gasteiger partial charge in [0, 0.05) is 17.4 Å². The van der Waals surface area contributed by atoms with Crippen LogP contribution in [-0.4, -0.2) is 26.1 Å². The molecular formula is C13H20N2O3S2. The molecule has 5 nitrogen and oxygen atoms in total. The van der Waals surface area contributed by atoms with Crippen molar-refractivity contribution >= 4 is 33.4 Å². The molecule has 0 aliphatic rings. The second-order valence-electron chi connectivity index (χ2n) is 5.40. The number of amides is 1. The number of nitrogens with one attached hydrogen (secondary N) is 2. The lowest BCUT2D eigenvalue weighted by molar-refractivity contribution is -0.114. The van der Waals surface area contributed by atoms with Gasteiger partial charge in [0.25, 0.3) is 0 Å². The van der Waals surface area contributed by atoms with E-state index in [4.69, 9.17) is 0 Å². The van der Waals surface area contributed by atoms with Crippen molar-refractivity contribution in [2.24, 2.45) is 0 Å². The van der Waals surface area contributed by atoms with Crippen molar-refractivity contribution in [1.82, 2.24) is 4.72 Å². The first-order valence-electron chi connectivity index (χ1n) is 6.05. The number of carbonyl (C=O) groups is 1. The third-order valence-electron chi connectivity index (χ3n) is 2.23. The van der Waals surface area contributed by atoms with Gasteiger partial charge in [-0.1, -0.05) is 0 Å². The smallest absolute Gasteiger partial charge is 0.241 e. The summed E-state index contributed by atoms with van der Waals surface area (Å²) >= 11 is 1.44. The summed E-state index contributed by atoms with van der Waals surface area (Å²) in [6.07, 6.45) is 1.86. The van der Waals surface area contributed by atoms with E-state index in [1.54, 1.807) is 26.8 Å². The van der Waals surface area contributed by atoms with Crippen LogP contribution in [0, 0.1) is 0 Å². The number of thioether (sulfide) groups is 1. The van der Waals surface area contributed by atoms with E-state index in [2.05, 4.69) is 10.0 Å². The van der Waals surface area contributed by atoms with Gasteiger partial charge in [-0.2, -0.15) is 0 Å². The quantitative estimate of drug-likeness (QED) is 0.837. The molecule has 0 bridgehead atoms. The Kier molecular flexibility index (Phi) is 5.23. The minimum atomic E-state index is -3.61. The van der Waals surface area contributed by atoms with Crippen LogP contribution < -0.4 is 10.0 Å². The highest BCUT2D eigenvalue weighted by Gasteiger charge is 2.22. The van der Waals surface area contributed by atoms with E-state index in [0.29, 0.717) is 5.69 Å². The molecule has 0 saturated heterocycles. The van der Waals surface area contributed by atoms with Crippen molar-refractivity contribution in [2.75, 3.05) is 11.6 Å². The Morgan fingerprint density at radius 2 is 1.85 bits per heavy atom. The van der Waals surface area contributed by atoms with Crippen LogP contribution in [0.25, 0.3) is 0 Å². The molecule has 0 spiro atoms. The number of sulfonamides is 1. The van der Waals surface area contributed by atoms with Gasteiger partial charge in [0.1, 0.15) is 0 Å². The fourth-order valence-corrected chi connectivity index (χ4v) is 3.58. The Hall–Kier alpha value is -1.05. The highest BCUT2D eigenvalue weighted by atomic mass is 32.2. The molecule has 0 aromatic heterocycles. The van der Waals surface area contributed by atoms with Gasteiger partial charge in [-0.25, -0.2) is 13.1 Å². The van der Waals surface area contributed by atoms with Crippen LogP contribution in [0.3, 0.4) is 0 Å². The predicted molar refractivity (Wildman–Crippen MR) is 82.6 cm³/mol. The lowest BCUT2D eigenvalue weighted by Gasteiger charge is -2.21. The van der Waals surface area contributed by atoms with E-state index < -0.39 is 15.6 Å². The lowest BCUT2D eigenvalue weighted by atomic mass is 10.1. The van der Waals surface area contributed by atoms with E-state index >= 15 is 0 Å². The van der Waals surface area contributed by atoms with Crippen LogP contribution in [0.15, 0.2) is 28.0 Å². The summed E-state index contributed by atoms with van der Waals surface area (Å²) in [5.41, 5.74) is -0.0627. The van der Waals surface area contributed by atoms with Crippen molar-refractivity contribution in [1.29, 1.82) is 0 Å². The SMILES string of the molecule is CSc1ccc(S(=O)(=O)NC(C)(C)C)cc1NC(C)=O. The highest BCUT2D eigenvalue weighted by Crippen LogP contribution is 2.28. The van der Waals surface area contributed by atoms with Gasteiger partial charge in [-0.3, -0.25) is 4.79 Å². The molecule has 0 atom stereocenters. The molecule has 1 amide bonds. The van der Waals surface area contributed by atoms with Crippen molar-refractivity contribution < 1.29 is 13.2 Å². The number of carbonyl (C=O) groups excluding carboxylic acids is 1. The molecular weight excluding hydrogens is 296 g/mol. The topological polar surface area (TPSA) is 75.3 Å². The lowest BCUT2D eigenvalue weighted by Crippen LogP contribution is -2.40. The number of hydrogen-bond donors (Lipinski definition) is 2. The Bertz CT molecular complexity index is 605. The largest absolute Gasteiger partial charge is 0.325 e. The van der Waals surface area contributed by atoms with Gasteiger partial charge in [-0.05, 0) is 45.2 Å². The van der Waals surface area contributed by atoms with Crippen LogP contribution in [0.4, 0.5) is 5.69 Å². The van der Waals surface area contributed by atoms with Crippen LogP contribution in [0.1, 0.15) is 27.7 Å². The second kappa shape index (κ2) is 6.15. The molecule has 20 heavy (non-hydrogen) atoms. The minimum Gasteiger partial charge on any atom is -0.325 e. The molecule has 7 heteroatoms. The molecule has 0 heterocycles. The van der Waals surface area contributed by atoms with Crippen LogP contribution in [0.5, 0.6) is 0 Å². The predicted octanol–water partition coefficient (Wildman–Crippen LogP) is 2.44. The van der Waals surface area contributed by atoms with Gasteiger partial charge in [0.2, 0.25) is 15.9 Å². The molecule has 1 aromatic carbocycles. The number of hydrogen-bond acceptors (Lipinski definition) is 4. The van der Waals surface area contributed by atoms with E-state index in [1.807, 2.05) is 6.26 Å². The van der Waals surface area contributed by atoms with E-state index in [1.165, 1.54) is 30.8 Å². The van der Waals surface area contributed by atoms with Crippen molar-refractivity contribution in [3.8, 4) is 0 Å². The zero-order valence-electron chi connectivity index (χ0n) is 12.3. The molecule has 1 rings (SSSR count). The summed E-state index contributed by atoms with van der Waals surface area (Å²) in [5.74, 6) is -0.237. The summed E-state index contributed by atoms with van der Waals surface area (Å²) in [6.45, 7) is 6.71. The molecule has 0 saturated carbocycles. The summed E-state index contributed by atoms with van der Waals surface area (Å²) in [7, 11) is -3.61. The molecule has 0 radical (unpaired) electrons. The van der Waals surface area contributed by atoms with Crippen LogP contribution in [-0.2, 0) is 14.8 Å². The average molecular weight is 316 g/mol. The average Bonchev–Trinajstić information content (AvgIpc) is 2.24. The first-order chi connectivity index (χ1) is 9.05. The first kappa shape index (κ1) is 17.0. The zero-order valence-corrected chi connectivity index (χ0v) is 13.9. The Balaban J connectivity index is 3.23. The summed E-state index contributed by atoms with van der Waals surface area (Å²) < 4.78 is 27.1. The van der Waals surface area contributed by atoms with Gasteiger partial charge < -0.3 is 5.32 Å². The number of benzene rings is 1. The monoisotopic (exact) mass is 316 g/mol. The fraction of sp³-hybridized carbons (Fsp3) is 0.462. The maximum atomic E-state index is 12.3. The van der Waals surface area contributed by atoms with Crippen molar-refractivity contribution in [2.45, 2.75) is 43.0 Å². The van der Waals surface area contributed by atoms with Crippen molar-refractivity contribution in [3.63, 3.8) is 0 Å². The maximum absolute atomic E-state index is 12.3. The highest BCUT2D eigenvalue weighted by molar-refractivity contribution is 7.98. The number of rotatable bonds is 4. The molecule has 0 aliphatic carbocycles. The first-order valence-corrected chi connectivity index (χ1v) is 8.75. The minimum absolute atomic E-state index is 0.133. The molecule has 0 aliphatic heterocycles. The summed E-state index contributed by atoms with van der Waals surface area (Å²) in [5, 5.41) is 2.65. The Labute approximate surface area is 124 Å². The van der Waals surface area contributed by atoms with Gasteiger partial charge >= 0.3 is 0 Å². The fourth-order valence-electron chi connectivity index (χ4n) is 1.60. The standard InChI is InChI=1S/C13H20N2O3S2/c1-9(16)14-11-8-10(6-7-12(11)19-5)20(17,18)15-13(2,3)4/h6-8,15H,1-5H3,(H,14,16). The molecule has 0 unspecified atom stereocenters. The third-order valence-corrected chi connectivity index (χ3v) is 4.78. The summed E-state index contributed by atoms with van der Waals surface area (Å²) in [6, 6.07) is 4.69. The van der Waals surface area contributed by atoms with Crippen LogP contribution >= 0.6 is 11.8 Å². The normalized spacial score (nSPS) is 12.2. The Morgan fingerprint density at radius 3 is 2.30 bits per heavy atom. The number of anilines is 1.